The summed E-state index contributed by atoms with van der Waals surface area (Å²) in [5.74, 6) is -1.39. The van der Waals surface area contributed by atoms with Crippen LogP contribution in [-0.2, 0) is 26.2 Å². The van der Waals surface area contributed by atoms with E-state index in [9.17, 15) is 22.4 Å². The first-order valence-corrected chi connectivity index (χ1v) is 14.4. The Balaban J connectivity index is 2.04. The first-order valence-electron chi connectivity index (χ1n) is 12.6. The largest absolute Gasteiger partial charge is 0.354 e. The molecule has 3 aromatic rings. The summed E-state index contributed by atoms with van der Waals surface area (Å²) in [6, 6.07) is 15.5. The third-order valence-corrected chi connectivity index (χ3v) is 8.48. The number of carbonyl (C=O) groups is 2. The highest BCUT2D eigenvalue weighted by atomic mass is 35.5. The van der Waals surface area contributed by atoms with Gasteiger partial charge in [-0.1, -0.05) is 36.7 Å². The lowest BCUT2D eigenvalue weighted by Gasteiger charge is -2.32. The zero-order valence-electron chi connectivity index (χ0n) is 22.4. The van der Waals surface area contributed by atoms with E-state index in [2.05, 4.69) is 5.32 Å². The van der Waals surface area contributed by atoms with Crippen molar-refractivity contribution < 1.29 is 22.4 Å². The fourth-order valence-corrected chi connectivity index (χ4v) is 5.44. The van der Waals surface area contributed by atoms with Crippen LogP contribution in [0.1, 0.15) is 37.0 Å². The third-order valence-electron chi connectivity index (χ3n) is 6.44. The van der Waals surface area contributed by atoms with Crippen molar-refractivity contribution in [2.75, 3.05) is 17.4 Å². The zero-order chi connectivity index (χ0) is 28.7. The number of sulfonamides is 1. The van der Waals surface area contributed by atoms with E-state index in [-0.39, 0.29) is 17.3 Å². The minimum absolute atomic E-state index is 0.0123. The van der Waals surface area contributed by atoms with Crippen LogP contribution < -0.4 is 9.62 Å². The molecular weight excluding hydrogens is 541 g/mol. The zero-order valence-corrected chi connectivity index (χ0v) is 24.0. The van der Waals surface area contributed by atoms with Crippen molar-refractivity contribution in [2.45, 2.75) is 51.6 Å². The van der Waals surface area contributed by atoms with Crippen molar-refractivity contribution in [3.05, 3.63) is 94.3 Å². The van der Waals surface area contributed by atoms with Gasteiger partial charge < -0.3 is 10.2 Å². The summed E-state index contributed by atoms with van der Waals surface area (Å²) in [5, 5.41) is 3.16. The maximum absolute atomic E-state index is 13.8. The second-order valence-electron chi connectivity index (χ2n) is 9.35. The van der Waals surface area contributed by atoms with Crippen LogP contribution in [0.5, 0.6) is 0 Å². The number of hydrogen-bond acceptors (Lipinski definition) is 4. The van der Waals surface area contributed by atoms with Crippen LogP contribution in [0.4, 0.5) is 10.1 Å². The first-order chi connectivity index (χ1) is 18.4. The quantitative estimate of drug-likeness (QED) is 0.340. The molecule has 1 atom stereocenters. The van der Waals surface area contributed by atoms with E-state index >= 15 is 0 Å². The predicted molar refractivity (Wildman–Crippen MR) is 152 cm³/mol. The van der Waals surface area contributed by atoms with E-state index in [1.807, 2.05) is 20.8 Å². The number of rotatable bonds is 11. The first kappa shape index (κ1) is 30.1. The number of halogens is 2. The summed E-state index contributed by atoms with van der Waals surface area (Å²) in [6.45, 7) is 7.12. The van der Waals surface area contributed by atoms with Gasteiger partial charge in [0.1, 0.15) is 18.4 Å². The molecule has 0 fully saturated rings. The summed E-state index contributed by atoms with van der Waals surface area (Å²) in [6.07, 6.45) is 0.713. The van der Waals surface area contributed by atoms with Crippen molar-refractivity contribution in [3.63, 3.8) is 0 Å². The molecule has 0 saturated heterocycles. The lowest BCUT2D eigenvalue weighted by molar-refractivity contribution is -0.139. The molecule has 0 radical (unpaired) electrons. The molecule has 3 rings (SSSR count). The molecule has 2 amide bonds. The Bertz CT molecular complexity index is 1410. The number of nitrogens with one attached hydrogen (secondary N) is 1. The minimum atomic E-state index is -4.19. The van der Waals surface area contributed by atoms with E-state index < -0.39 is 34.3 Å². The molecule has 39 heavy (non-hydrogen) atoms. The summed E-state index contributed by atoms with van der Waals surface area (Å²) < 4.78 is 42.2. The van der Waals surface area contributed by atoms with Gasteiger partial charge in [-0.25, -0.2) is 12.8 Å². The van der Waals surface area contributed by atoms with Crippen LogP contribution in [0.3, 0.4) is 0 Å². The molecule has 0 aromatic heterocycles. The smallest absolute Gasteiger partial charge is 0.264 e. The lowest BCUT2D eigenvalue weighted by Crippen LogP contribution is -2.51. The summed E-state index contributed by atoms with van der Waals surface area (Å²) in [4.78, 5) is 28.0. The van der Waals surface area contributed by atoms with Crippen molar-refractivity contribution in [1.82, 2.24) is 10.2 Å². The van der Waals surface area contributed by atoms with Crippen LogP contribution in [-0.4, -0.2) is 44.3 Å². The fraction of sp³-hybridized carbons (Fsp3) is 0.310. The fourth-order valence-electron chi connectivity index (χ4n) is 3.91. The molecule has 0 bridgehead atoms. The maximum Gasteiger partial charge on any atom is 0.264 e. The molecule has 208 valence electrons. The van der Waals surface area contributed by atoms with Gasteiger partial charge in [0.25, 0.3) is 10.0 Å². The molecule has 0 unspecified atom stereocenters. The van der Waals surface area contributed by atoms with Crippen molar-refractivity contribution >= 4 is 39.1 Å². The Hall–Kier alpha value is -3.43. The van der Waals surface area contributed by atoms with Gasteiger partial charge in [-0.2, -0.15) is 0 Å². The van der Waals surface area contributed by atoms with Gasteiger partial charge in [-0.15, -0.1) is 0 Å². The minimum Gasteiger partial charge on any atom is -0.354 e. The van der Waals surface area contributed by atoms with E-state index in [1.165, 1.54) is 53.4 Å². The van der Waals surface area contributed by atoms with Crippen LogP contribution in [0, 0.1) is 19.7 Å². The number of amides is 2. The molecule has 0 spiro atoms. The second-order valence-corrected chi connectivity index (χ2v) is 11.6. The number of carbonyl (C=O) groups excluding carboxylic acids is 2. The van der Waals surface area contributed by atoms with Gasteiger partial charge in [0, 0.05) is 18.1 Å². The number of benzene rings is 3. The summed E-state index contributed by atoms with van der Waals surface area (Å²) in [7, 11) is -4.19. The van der Waals surface area contributed by atoms with Crippen molar-refractivity contribution in [3.8, 4) is 0 Å². The Morgan fingerprint density at radius 3 is 2.21 bits per heavy atom. The van der Waals surface area contributed by atoms with Gasteiger partial charge in [-0.05, 0) is 92.4 Å². The normalized spacial score (nSPS) is 12.1. The second kappa shape index (κ2) is 13.1. The van der Waals surface area contributed by atoms with Crippen LogP contribution in [0.2, 0.25) is 5.02 Å². The highest BCUT2D eigenvalue weighted by molar-refractivity contribution is 7.92. The predicted octanol–water partition coefficient (Wildman–Crippen LogP) is 5.23. The van der Waals surface area contributed by atoms with E-state index in [4.69, 9.17) is 11.6 Å². The van der Waals surface area contributed by atoms with Gasteiger partial charge in [0.2, 0.25) is 11.8 Å². The van der Waals surface area contributed by atoms with Gasteiger partial charge >= 0.3 is 0 Å². The molecule has 10 heteroatoms. The average Bonchev–Trinajstić information content (AvgIpc) is 2.91. The number of anilines is 1. The number of hydrogen-bond donors (Lipinski definition) is 1. The van der Waals surface area contributed by atoms with Crippen LogP contribution >= 0.6 is 11.6 Å². The average molecular weight is 574 g/mol. The molecule has 1 N–H and O–H groups in total. The van der Waals surface area contributed by atoms with Crippen LogP contribution in [0.25, 0.3) is 0 Å². The molecule has 0 aliphatic carbocycles. The Morgan fingerprint density at radius 2 is 1.62 bits per heavy atom. The maximum atomic E-state index is 13.8. The molecule has 0 aliphatic heterocycles. The Labute approximate surface area is 234 Å². The van der Waals surface area contributed by atoms with E-state index in [0.717, 1.165) is 15.4 Å². The number of aryl methyl sites for hydroxylation is 2. The standard InChI is InChI=1S/C29H33ClFN3O4S/c1-5-16-32-29(36)22(4)33(18-23-7-11-25(31)12-8-23)28(35)19-34(26-13-6-20(2)21(3)17-26)39(37,38)27-14-9-24(30)10-15-27/h6-15,17,22H,5,16,18-19H2,1-4H3,(H,32,36)/t22-/m1/s1. The molecule has 7 nitrogen and oxygen atoms in total. The molecule has 0 heterocycles. The van der Waals surface area contributed by atoms with Crippen LogP contribution in [0.15, 0.2) is 71.6 Å². The summed E-state index contributed by atoms with van der Waals surface area (Å²) in [5.41, 5.74) is 2.73. The number of nitrogens with zero attached hydrogens (tertiary/aromatic N) is 2. The molecule has 3 aromatic carbocycles. The molecule has 0 saturated carbocycles. The Morgan fingerprint density at radius 1 is 0.974 bits per heavy atom. The SMILES string of the molecule is CCCNC(=O)[C@@H](C)N(Cc1ccc(F)cc1)C(=O)CN(c1ccc(C)c(C)c1)S(=O)(=O)c1ccc(Cl)cc1. The van der Waals surface area contributed by atoms with Gasteiger partial charge in [0.15, 0.2) is 0 Å². The highest BCUT2D eigenvalue weighted by Gasteiger charge is 2.32. The molecule has 0 aliphatic rings. The van der Waals surface area contributed by atoms with Gasteiger partial charge in [-0.3, -0.25) is 13.9 Å². The Kier molecular flexibility index (Phi) is 10.1. The summed E-state index contributed by atoms with van der Waals surface area (Å²) >= 11 is 5.98. The van der Waals surface area contributed by atoms with E-state index in [0.29, 0.717) is 29.2 Å². The molecular formula is C29H33ClFN3O4S. The van der Waals surface area contributed by atoms with Crippen molar-refractivity contribution in [2.24, 2.45) is 0 Å². The lowest BCUT2D eigenvalue weighted by atomic mass is 10.1. The van der Waals surface area contributed by atoms with E-state index in [1.54, 1.807) is 25.1 Å². The van der Waals surface area contributed by atoms with Crippen molar-refractivity contribution in [1.29, 1.82) is 0 Å². The monoisotopic (exact) mass is 573 g/mol. The van der Waals surface area contributed by atoms with Gasteiger partial charge in [0.05, 0.1) is 10.6 Å². The topological polar surface area (TPSA) is 86.8 Å². The highest BCUT2D eigenvalue weighted by Crippen LogP contribution is 2.27. The third kappa shape index (κ3) is 7.58.